The Hall–Kier alpha value is -1.23. The Balaban J connectivity index is 1.82. The minimum atomic E-state index is -0.919. The number of hydrogen-bond acceptors (Lipinski definition) is 3. The Morgan fingerprint density at radius 3 is 2.65 bits per heavy atom. The Kier molecular flexibility index (Phi) is 5.71. The van der Waals surface area contributed by atoms with Gasteiger partial charge in [-0.2, -0.15) is 11.8 Å². The maximum Gasteiger partial charge on any atom is 0.328 e. The summed E-state index contributed by atoms with van der Waals surface area (Å²) in [4.78, 5) is 12.6. The van der Waals surface area contributed by atoms with E-state index in [4.69, 9.17) is 16.7 Å². The molecule has 20 heavy (non-hydrogen) atoms. The monoisotopic (exact) mass is 324 g/mol. The molecule has 2 nitrogen and oxygen atoms in total. The first-order valence-corrected chi connectivity index (χ1v) is 8.30. The van der Waals surface area contributed by atoms with Gasteiger partial charge in [0.05, 0.1) is 0 Å². The van der Waals surface area contributed by atoms with Gasteiger partial charge in [-0.1, -0.05) is 23.7 Å². The van der Waals surface area contributed by atoms with Gasteiger partial charge in [-0.05, 0) is 35.9 Å². The number of thiophene rings is 1. The van der Waals surface area contributed by atoms with Crippen molar-refractivity contribution in [1.29, 1.82) is 0 Å². The summed E-state index contributed by atoms with van der Waals surface area (Å²) < 4.78 is 0. The van der Waals surface area contributed by atoms with Crippen LogP contribution in [0.5, 0.6) is 0 Å². The van der Waals surface area contributed by atoms with Crippen LogP contribution in [-0.4, -0.2) is 11.1 Å². The predicted molar refractivity (Wildman–Crippen MR) is 87.4 cm³/mol. The van der Waals surface area contributed by atoms with E-state index in [1.54, 1.807) is 17.4 Å². The van der Waals surface area contributed by atoms with Crippen molar-refractivity contribution in [3.63, 3.8) is 0 Å². The van der Waals surface area contributed by atoms with E-state index in [1.807, 2.05) is 48.2 Å². The van der Waals surface area contributed by atoms with E-state index in [2.05, 4.69) is 0 Å². The maximum atomic E-state index is 10.4. The fourth-order valence-electron chi connectivity index (χ4n) is 1.57. The number of benzene rings is 1. The Morgan fingerprint density at radius 1 is 1.20 bits per heavy atom. The van der Waals surface area contributed by atoms with Gasteiger partial charge >= 0.3 is 5.97 Å². The molecular weight excluding hydrogens is 312 g/mol. The van der Waals surface area contributed by atoms with Crippen molar-refractivity contribution in [3.8, 4) is 0 Å². The second-order valence-corrected chi connectivity index (χ2v) is 6.72. The highest BCUT2D eigenvalue weighted by molar-refractivity contribution is 7.97. The van der Waals surface area contributed by atoms with Crippen molar-refractivity contribution in [1.82, 2.24) is 0 Å². The van der Waals surface area contributed by atoms with Crippen molar-refractivity contribution in [2.24, 2.45) is 0 Å². The quantitative estimate of drug-likeness (QED) is 0.765. The summed E-state index contributed by atoms with van der Waals surface area (Å²) in [5, 5.41) is 9.33. The summed E-state index contributed by atoms with van der Waals surface area (Å²) in [5.41, 5.74) is 1.25. The van der Waals surface area contributed by atoms with E-state index in [0.29, 0.717) is 0 Å². The molecule has 2 rings (SSSR count). The van der Waals surface area contributed by atoms with Gasteiger partial charge < -0.3 is 5.11 Å². The highest BCUT2D eigenvalue weighted by Gasteiger charge is 2.00. The molecule has 0 bridgehead atoms. The van der Waals surface area contributed by atoms with Gasteiger partial charge in [0.1, 0.15) is 0 Å². The number of aliphatic carboxylic acids is 1. The van der Waals surface area contributed by atoms with Crippen molar-refractivity contribution < 1.29 is 9.90 Å². The van der Waals surface area contributed by atoms with E-state index < -0.39 is 5.97 Å². The Labute approximate surface area is 131 Å². The number of hydrogen-bond donors (Lipinski definition) is 1. The molecule has 2 aromatic rings. The molecule has 1 aromatic carbocycles. The van der Waals surface area contributed by atoms with Crippen molar-refractivity contribution in [3.05, 3.63) is 62.8 Å². The van der Waals surface area contributed by atoms with Crippen LogP contribution in [0.3, 0.4) is 0 Å². The van der Waals surface area contributed by atoms with Gasteiger partial charge in [0.2, 0.25) is 0 Å². The van der Waals surface area contributed by atoms with Crippen molar-refractivity contribution in [2.45, 2.75) is 11.5 Å². The van der Waals surface area contributed by atoms with E-state index in [-0.39, 0.29) is 0 Å². The standard InChI is InChI=1S/C15H13ClO2S2/c16-12-3-1-11(2-4-12)9-19-10-14-6-5-13(20-14)7-8-15(17)18/h1-8H,9-10H2,(H,17,18)/b8-7+. The van der Waals surface area contributed by atoms with E-state index >= 15 is 0 Å². The molecule has 0 saturated heterocycles. The lowest BCUT2D eigenvalue weighted by Gasteiger charge is -2.00. The largest absolute Gasteiger partial charge is 0.478 e. The van der Waals surface area contributed by atoms with Crippen LogP contribution in [0.15, 0.2) is 42.5 Å². The molecular formula is C15H13ClO2S2. The second kappa shape index (κ2) is 7.53. The molecule has 0 aliphatic rings. The molecule has 5 heteroatoms. The zero-order valence-corrected chi connectivity index (χ0v) is 13.0. The summed E-state index contributed by atoms with van der Waals surface area (Å²) in [7, 11) is 0. The Bertz CT molecular complexity index is 603. The number of carboxylic acids is 1. The zero-order chi connectivity index (χ0) is 14.4. The number of carbonyl (C=O) groups is 1. The van der Waals surface area contributed by atoms with Gasteiger partial charge in [-0.15, -0.1) is 11.3 Å². The topological polar surface area (TPSA) is 37.3 Å². The van der Waals surface area contributed by atoms with Crippen molar-refractivity contribution in [2.75, 3.05) is 0 Å². The van der Waals surface area contributed by atoms with Crippen LogP contribution >= 0.6 is 34.7 Å². The normalized spacial score (nSPS) is 11.1. The highest BCUT2D eigenvalue weighted by atomic mass is 35.5. The fourth-order valence-corrected chi connectivity index (χ4v) is 3.72. The number of carboxylic acid groups (broad SMARTS) is 1. The Morgan fingerprint density at radius 2 is 1.95 bits per heavy atom. The summed E-state index contributed by atoms with van der Waals surface area (Å²) in [5.74, 6) is 0.945. The first-order chi connectivity index (χ1) is 9.63. The number of rotatable bonds is 6. The van der Waals surface area contributed by atoms with Gasteiger partial charge in [0.25, 0.3) is 0 Å². The fraction of sp³-hybridized carbons (Fsp3) is 0.133. The van der Waals surface area contributed by atoms with Gasteiger partial charge in [0.15, 0.2) is 0 Å². The third-order valence-electron chi connectivity index (χ3n) is 2.50. The average molecular weight is 325 g/mol. The molecule has 0 radical (unpaired) electrons. The summed E-state index contributed by atoms with van der Waals surface area (Å²) in [6, 6.07) is 11.9. The molecule has 0 saturated carbocycles. The van der Waals surface area contributed by atoms with Crippen LogP contribution in [-0.2, 0) is 16.3 Å². The molecule has 0 fully saturated rings. The molecule has 0 aliphatic heterocycles. The van der Waals surface area contributed by atoms with Gasteiger partial charge in [0, 0.05) is 32.4 Å². The lowest BCUT2D eigenvalue weighted by molar-refractivity contribution is -0.131. The smallest absolute Gasteiger partial charge is 0.328 e. The summed E-state index contributed by atoms with van der Waals surface area (Å²) in [6.45, 7) is 0. The van der Waals surface area contributed by atoms with Crippen LogP contribution in [0.2, 0.25) is 5.02 Å². The van der Waals surface area contributed by atoms with Crippen LogP contribution in [0.1, 0.15) is 15.3 Å². The average Bonchev–Trinajstić information content (AvgIpc) is 2.87. The molecule has 1 heterocycles. The van der Waals surface area contributed by atoms with Gasteiger partial charge in [-0.25, -0.2) is 4.79 Å². The van der Waals surface area contributed by atoms with E-state index in [9.17, 15) is 4.79 Å². The molecule has 0 unspecified atom stereocenters. The van der Waals surface area contributed by atoms with Crippen LogP contribution in [0, 0.1) is 0 Å². The third-order valence-corrected chi connectivity index (χ3v) is 5.04. The summed E-state index contributed by atoms with van der Waals surface area (Å²) >= 11 is 9.29. The zero-order valence-electron chi connectivity index (χ0n) is 10.6. The number of thioether (sulfide) groups is 1. The first-order valence-electron chi connectivity index (χ1n) is 5.95. The molecule has 0 amide bonds. The van der Waals surface area contributed by atoms with E-state index in [1.165, 1.54) is 10.4 Å². The van der Waals surface area contributed by atoms with Crippen LogP contribution in [0.25, 0.3) is 6.08 Å². The third kappa shape index (κ3) is 5.04. The molecule has 1 aromatic heterocycles. The summed E-state index contributed by atoms with van der Waals surface area (Å²) in [6.07, 6.45) is 2.79. The van der Waals surface area contributed by atoms with Crippen LogP contribution in [0.4, 0.5) is 0 Å². The first kappa shape index (κ1) is 15.2. The highest BCUT2D eigenvalue weighted by Crippen LogP contribution is 2.25. The molecule has 0 spiro atoms. The lowest BCUT2D eigenvalue weighted by Crippen LogP contribution is -1.84. The van der Waals surface area contributed by atoms with Gasteiger partial charge in [-0.3, -0.25) is 0 Å². The van der Waals surface area contributed by atoms with Crippen molar-refractivity contribution >= 4 is 46.7 Å². The molecule has 104 valence electrons. The minimum absolute atomic E-state index is 0.756. The van der Waals surface area contributed by atoms with Crippen LogP contribution < -0.4 is 0 Å². The maximum absolute atomic E-state index is 10.4. The molecule has 0 atom stereocenters. The molecule has 1 N–H and O–H groups in total. The second-order valence-electron chi connectivity index (χ2n) is 4.09. The van der Waals surface area contributed by atoms with E-state index in [0.717, 1.165) is 27.5 Å². The number of halogens is 1. The molecule has 0 aliphatic carbocycles. The minimum Gasteiger partial charge on any atom is -0.478 e. The predicted octanol–water partition coefficient (Wildman–Crippen LogP) is 4.93. The SMILES string of the molecule is O=C(O)/C=C/c1ccc(CSCc2ccc(Cl)cc2)s1. The lowest BCUT2D eigenvalue weighted by atomic mass is 10.2.